The predicted molar refractivity (Wildman–Crippen MR) is 93.9 cm³/mol. The number of carbonyl (C=O) groups excluding carboxylic acids is 2. The summed E-state index contributed by atoms with van der Waals surface area (Å²) in [5, 5.41) is 0.586. The van der Waals surface area contributed by atoms with Gasteiger partial charge in [0.15, 0.2) is 0 Å². The first-order chi connectivity index (χ1) is 11.0. The molecule has 0 fully saturated rings. The highest BCUT2D eigenvalue weighted by Crippen LogP contribution is 2.19. The summed E-state index contributed by atoms with van der Waals surface area (Å²) in [5.41, 5.74) is 1.47. The molecule has 0 aliphatic heterocycles. The zero-order chi connectivity index (χ0) is 16.8. The van der Waals surface area contributed by atoms with E-state index in [1.807, 2.05) is 37.3 Å². The fourth-order valence-corrected chi connectivity index (χ4v) is 2.46. The number of para-hydroxylation sites is 1. The second-order valence-electron chi connectivity index (χ2n) is 5.06. The van der Waals surface area contributed by atoms with E-state index in [0.29, 0.717) is 17.3 Å². The van der Waals surface area contributed by atoms with Crippen molar-refractivity contribution in [1.29, 1.82) is 0 Å². The van der Waals surface area contributed by atoms with Gasteiger partial charge in [0.05, 0.1) is 0 Å². The minimum atomic E-state index is -0.190. The second kappa shape index (κ2) is 7.79. The van der Waals surface area contributed by atoms with Gasteiger partial charge in [-0.1, -0.05) is 29.8 Å². The SMILES string of the molecule is CCN(C(=O)CN(C(C)=O)c1ccc(Cl)cc1)c1ccccc1. The maximum Gasteiger partial charge on any atom is 0.247 e. The summed E-state index contributed by atoms with van der Waals surface area (Å²) in [6, 6.07) is 16.3. The minimum absolute atomic E-state index is 0.0142. The van der Waals surface area contributed by atoms with Crippen molar-refractivity contribution in [2.24, 2.45) is 0 Å². The number of hydrogen-bond donors (Lipinski definition) is 0. The highest BCUT2D eigenvalue weighted by molar-refractivity contribution is 6.30. The zero-order valence-electron chi connectivity index (χ0n) is 13.2. The number of rotatable bonds is 5. The Balaban J connectivity index is 2.20. The Morgan fingerprint density at radius 3 is 2.00 bits per heavy atom. The van der Waals surface area contributed by atoms with Crippen molar-refractivity contribution in [1.82, 2.24) is 0 Å². The lowest BCUT2D eigenvalue weighted by molar-refractivity contribution is -0.121. The molecule has 2 amide bonds. The number of anilines is 2. The number of nitrogens with zero attached hydrogens (tertiary/aromatic N) is 2. The van der Waals surface area contributed by atoms with Crippen LogP contribution < -0.4 is 9.80 Å². The van der Waals surface area contributed by atoms with Crippen molar-refractivity contribution >= 4 is 34.8 Å². The molecule has 0 aromatic heterocycles. The maximum absolute atomic E-state index is 12.6. The first-order valence-corrected chi connectivity index (χ1v) is 7.79. The molecule has 0 heterocycles. The summed E-state index contributed by atoms with van der Waals surface area (Å²) in [6.07, 6.45) is 0. The first kappa shape index (κ1) is 17.0. The number of carbonyl (C=O) groups is 2. The van der Waals surface area contributed by atoms with Crippen LogP contribution in [-0.4, -0.2) is 24.9 Å². The van der Waals surface area contributed by atoms with Crippen molar-refractivity contribution in [3.8, 4) is 0 Å². The van der Waals surface area contributed by atoms with Gasteiger partial charge >= 0.3 is 0 Å². The summed E-state index contributed by atoms with van der Waals surface area (Å²) in [5.74, 6) is -0.325. The van der Waals surface area contributed by atoms with E-state index in [0.717, 1.165) is 5.69 Å². The van der Waals surface area contributed by atoms with E-state index in [9.17, 15) is 9.59 Å². The molecule has 0 bridgehead atoms. The lowest BCUT2D eigenvalue weighted by Gasteiger charge is -2.26. The fraction of sp³-hybridized carbons (Fsp3) is 0.222. The van der Waals surface area contributed by atoms with E-state index in [-0.39, 0.29) is 18.4 Å². The van der Waals surface area contributed by atoms with Crippen molar-refractivity contribution in [3.05, 3.63) is 59.6 Å². The third-order valence-electron chi connectivity index (χ3n) is 3.50. The van der Waals surface area contributed by atoms with Crippen LogP contribution in [0.25, 0.3) is 0 Å². The smallest absolute Gasteiger partial charge is 0.247 e. The third kappa shape index (κ3) is 4.33. The van der Waals surface area contributed by atoms with Gasteiger partial charge in [-0.25, -0.2) is 0 Å². The Labute approximate surface area is 141 Å². The molecule has 0 saturated heterocycles. The van der Waals surface area contributed by atoms with Crippen molar-refractivity contribution < 1.29 is 9.59 Å². The van der Waals surface area contributed by atoms with E-state index in [1.54, 1.807) is 29.2 Å². The molecule has 0 N–H and O–H groups in total. The van der Waals surface area contributed by atoms with Crippen molar-refractivity contribution in [2.45, 2.75) is 13.8 Å². The van der Waals surface area contributed by atoms with Gasteiger partial charge in [0.2, 0.25) is 11.8 Å². The summed E-state index contributed by atoms with van der Waals surface area (Å²) in [6.45, 7) is 3.88. The van der Waals surface area contributed by atoms with Crippen LogP contribution in [0, 0.1) is 0 Å². The third-order valence-corrected chi connectivity index (χ3v) is 3.75. The Morgan fingerprint density at radius 2 is 1.48 bits per heavy atom. The average molecular weight is 331 g/mol. The normalized spacial score (nSPS) is 10.2. The molecule has 0 aliphatic rings. The van der Waals surface area contributed by atoms with E-state index in [4.69, 9.17) is 11.6 Å². The molecule has 120 valence electrons. The van der Waals surface area contributed by atoms with Crippen LogP contribution in [0.1, 0.15) is 13.8 Å². The molecule has 0 saturated carbocycles. The van der Waals surface area contributed by atoms with Gasteiger partial charge in [0.1, 0.15) is 6.54 Å². The lowest BCUT2D eigenvalue weighted by Crippen LogP contribution is -2.42. The molecular weight excluding hydrogens is 312 g/mol. The largest absolute Gasteiger partial charge is 0.311 e. The molecule has 2 aromatic rings. The van der Waals surface area contributed by atoms with E-state index in [2.05, 4.69) is 0 Å². The van der Waals surface area contributed by atoms with Gasteiger partial charge in [-0.3, -0.25) is 9.59 Å². The maximum atomic E-state index is 12.6. The van der Waals surface area contributed by atoms with Gasteiger partial charge in [-0.05, 0) is 43.3 Å². The zero-order valence-corrected chi connectivity index (χ0v) is 14.0. The molecule has 0 spiro atoms. The second-order valence-corrected chi connectivity index (χ2v) is 5.49. The summed E-state index contributed by atoms with van der Waals surface area (Å²) < 4.78 is 0. The monoisotopic (exact) mass is 330 g/mol. The van der Waals surface area contributed by atoms with E-state index >= 15 is 0 Å². The molecule has 0 unspecified atom stereocenters. The Hall–Kier alpha value is -2.33. The molecule has 4 nitrogen and oxygen atoms in total. The summed E-state index contributed by atoms with van der Waals surface area (Å²) in [4.78, 5) is 27.7. The molecule has 2 aromatic carbocycles. The standard InChI is InChI=1S/C18H19ClN2O2/c1-3-20(16-7-5-4-6-8-16)18(23)13-21(14(2)22)17-11-9-15(19)10-12-17/h4-12H,3,13H2,1-2H3. The lowest BCUT2D eigenvalue weighted by atomic mass is 10.2. The average Bonchev–Trinajstić information content (AvgIpc) is 2.55. The number of benzene rings is 2. The fourth-order valence-electron chi connectivity index (χ4n) is 2.34. The van der Waals surface area contributed by atoms with Crippen molar-refractivity contribution in [2.75, 3.05) is 22.9 Å². The minimum Gasteiger partial charge on any atom is -0.311 e. The van der Waals surface area contributed by atoms with Crippen LogP contribution in [-0.2, 0) is 9.59 Å². The molecule has 0 atom stereocenters. The van der Waals surface area contributed by atoms with Gasteiger partial charge < -0.3 is 9.80 Å². The quantitative estimate of drug-likeness (QED) is 0.837. The number of halogens is 1. The van der Waals surface area contributed by atoms with E-state index < -0.39 is 0 Å². The van der Waals surface area contributed by atoms with Crippen LogP contribution in [0.4, 0.5) is 11.4 Å². The number of amides is 2. The topological polar surface area (TPSA) is 40.6 Å². The van der Waals surface area contributed by atoms with Crippen LogP contribution in [0.5, 0.6) is 0 Å². The number of likely N-dealkylation sites (N-methyl/N-ethyl adjacent to an activating group) is 1. The molecule has 2 rings (SSSR count). The van der Waals surface area contributed by atoms with Gasteiger partial charge in [0.25, 0.3) is 0 Å². The molecular formula is C18H19ClN2O2. The highest BCUT2D eigenvalue weighted by atomic mass is 35.5. The van der Waals surface area contributed by atoms with Crippen LogP contribution in [0.2, 0.25) is 5.02 Å². The number of hydrogen-bond acceptors (Lipinski definition) is 2. The summed E-state index contributed by atoms with van der Waals surface area (Å²) in [7, 11) is 0. The Morgan fingerprint density at radius 1 is 0.913 bits per heavy atom. The molecule has 0 aliphatic carbocycles. The first-order valence-electron chi connectivity index (χ1n) is 7.42. The molecule has 23 heavy (non-hydrogen) atoms. The van der Waals surface area contributed by atoms with Crippen LogP contribution in [0.15, 0.2) is 54.6 Å². The highest BCUT2D eigenvalue weighted by Gasteiger charge is 2.20. The molecule has 0 radical (unpaired) electrons. The van der Waals surface area contributed by atoms with Gasteiger partial charge in [-0.2, -0.15) is 0 Å². The van der Waals surface area contributed by atoms with Crippen LogP contribution in [0.3, 0.4) is 0 Å². The van der Waals surface area contributed by atoms with Crippen molar-refractivity contribution in [3.63, 3.8) is 0 Å². The predicted octanol–water partition coefficient (Wildman–Crippen LogP) is 3.75. The summed E-state index contributed by atoms with van der Waals surface area (Å²) >= 11 is 5.88. The Bertz CT molecular complexity index is 671. The van der Waals surface area contributed by atoms with E-state index in [1.165, 1.54) is 11.8 Å². The van der Waals surface area contributed by atoms with Gasteiger partial charge in [0, 0.05) is 29.9 Å². The van der Waals surface area contributed by atoms with Crippen LogP contribution >= 0.6 is 11.6 Å². The molecule has 5 heteroatoms. The van der Waals surface area contributed by atoms with Gasteiger partial charge in [-0.15, -0.1) is 0 Å². The Kier molecular flexibility index (Phi) is 5.77.